The first-order chi connectivity index (χ1) is 37.4. The van der Waals surface area contributed by atoms with Gasteiger partial charge in [-0.25, -0.2) is 0 Å². The lowest BCUT2D eigenvalue weighted by molar-refractivity contribution is 0.893. The number of nitrogens with zero attached hydrogens (tertiary/aromatic N) is 5. The minimum Gasteiger partial charge on any atom is -0.278 e. The molecule has 0 atom stereocenters. The highest BCUT2D eigenvalue weighted by Gasteiger charge is 2.21. The number of para-hydroxylation sites is 4. The van der Waals surface area contributed by atoms with Gasteiger partial charge in [0.15, 0.2) is 5.82 Å². The summed E-state index contributed by atoms with van der Waals surface area (Å²) < 4.78 is 145. The molecule has 3 aromatic heterocycles. The van der Waals surface area contributed by atoms with Crippen molar-refractivity contribution in [3.05, 3.63) is 224 Å². The summed E-state index contributed by atoms with van der Waals surface area (Å²) in [4.78, 5) is 14.7. The molecule has 12 rings (SSSR count). The van der Waals surface area contributed by atoms with E-state index >= 15 is 0 Å². The third kappa shape index (κ3) is 5.98. The van der Waals surface area contributed by atoms with Crippen molar-refractivity contribution < 1.29 is 21.9 Å². The predicted octanol–water partition coefficient (Wildman–Crippen LogP) is 14.4. The van der Waals surface area contributed by atoms with Crippen molar-refractivity contribution in [2.24, 2.45) is 0 Å². The van der Waals surface area contributed by atoms with E-state index in [1.807, 2.05) is 72.8 Å². The summed E-state index contributed by atoms with van der Waals surface area (Å²) in [5.41, 5.74) is 6.20. The summed E-state index contributed by atoms with van der Waals surface area (Å²) in [7, 11) is 0. The number of fused-ring (bicyclic) bond motifs is 6. The molecule has 0 unspecified atom stereocenters. The maximum absolute atomic E-state index is 9.29. The van der Waals surface area contributed by atoms with Gasteiger partial charge >= 0.3 is 0 Å². The molecule has 0 amide bonds. The van der Waals surface area contributed by atoms with Crippen LogP contribution in [0.25, 0.3) is 111 Å². The molecule has 9 aromatic carbocycles. The quantitative estimate of drug-likeness (QED) is 0.161. The third-order valence-electron chi connectivity index (χ3n) is 10.9. The van der Waals surface area contributed by atoms with Gasteiger partial charge in [0.2, 0.25) is 11.9 Å². The molecule has 62 heavy (non-hydrogen) atoms. The largest absolute Gasteiger partial charge is 0.278 e. The van der Waals surface area contributed by atoms with Crippen LogP contribution < -0.4 is 0 Å². The molecule has 0 saturated heterocycles. The van der Waals surface area contributed by atoms with E-state index in [0.717, 1.165) is 48.1 Å². The van der Waals surface area contributed by atoms with E-state index in [1.165, 1.54) is 0 Å². The monoisotopic (exact) mass is 807 g/mol. The Hall–Kier alpha value is -8.41. The van der Waals surface area contributed by atoms with Gasteiger partial charge < -0.3 is 0 Å². The summed E-state index contributed by atoms with van der Waals surface area (Å²) in [5.74, 6) is -1.10. The van der Waals surface area contributed by atoms with Crippen LogP contribution in [0.2, 0.25) is 0 Å². The lowest BCUT2D eigenvalue weighted by Crippen LogP contribution is -2.10. The van der Waals surface area contributed by atoms with E-state index in [4.69, 9.17) is 31.4 Å². The first kappa shape index (κ1) is 22.8. The summed E-state index contributed by atoms with van der Waals surface area (Å²) in [5, 5.41) is -1.07. The van der Waals surface area contributed by atoms with Crippen molar-refractivity contribution in [1.29, 1.82) is 0 Å². The zero-order valence-corrected chi connectivity index (χ0v) is 32.4. The smallest absolute Gasteiger partial charge is 0.240 e. The normalized spacial score (nSPS) is 15.2. The van der Waals surface area contributed by atoms with Gasteiger partial charge in [-0.1, -0.05) is 176 Å². The van der Waals surface area contributed by atoms with E-state index in [0.29, 0.717) is 11.1 Å². The fraction of sp³-hybridized carbons (Fsp3) is 0. The van der Waals surface area contributed by atoms with Gasteiger partial charge in [-0.15, -0.1) is 0 Å². The minimum atomic E-state index is -0.702. The van der Waals surface area contributed by atoms with Crippen LogP contribution in [0.5, 0.6) is 0 Å². The van der Waals surface area contributed by atoms with Gasteiger partial charge in [0.1, 0.15) is 0 Å². The van der Waals surface area contributed by atoms with Crippen molar-refractivity contribution >= 4 is 43.6 Å². The molecule has 0 fully saturated rings. The van der Waals surface area contributed by atoms with Gasteiger partial charge in [-0.3, -0.25) is 9.13 Å². The van der Waals surface area contributed by atoms with Crippen LogP contribution in [0.1, 0.15) is 21.9 Å². The van der Waals surface area contributed by atoms with Gasteiger partial charge in [-0.05, 0) is 92.9 Å². The van der Waals surface area contributed by atoms with Gasteiger partial charge in [0, 0.05) is 27.1 Å². The second-order valence-electron chi connectivity index (χ2n) is 14.5. The van der Waals surface area contributed by atoms with Crippen LogP contribution in [-0.2, 0) is 0 Å². The van der Waals surface area contributed by atoms with Crippen LogP contribution in [0, 0.1) is 0 Å². The molecule has 0 radical (unpaired) electrons. The van der Waals surface area contributed by atoms with Crippen LogP contribution in [0.3, 0.4) is 0 Å². The highest BCUT2D eigenvalue weighted by molar-refractivity contribution is 6.10. The van der Waals surface area contributed by atoms with Gasteiger partial charge in [0.25, 0.3) is 0 Å². The predicted molar refractivity (Wildman–Crippen MR) is 256 cm³/mol. The molecule has 5 nitrogen and oxygen atoms in total. The minimum absolute atomic E-state index is 0.154. The molecule has 0 bridgehead atoms. The Kier molecular flexibility index (Phi) is 5.41. The second-order valence-corrected chi connectivity index (χ2v) is 14.5. The van der Waals surface area contributed by atoms with Crippen molar-refractivity contribution in [2.75, 3.05) is 0 Å². The van der Waals surface area contributed by atoms with E-state index < -0.39 is 109 Å². The lowest BCUT2D eigenvalue weighted by Gasteiger charge is -2.15. The average molecular weight is 808 g/mol. The zero-order valence-electron chi connectivity index (χ0n) is 48.4. The number of benzene rings is 9. The van der Waals surface area contributed by atoms with E-state index in [-0.39, 0.29) is 49.4 Å². The molecule has 0 aliphatic rings. The Bertz CT molecular complexity index is 4250. The fourth-order valence-corrected chi connectivity index (χ4v) is 8.11. The fourth-order valence-electron chi connectivity index (χ4n) is 8.11. The molecule has 5 heteroatoms. The van der Waals surface area contributed by atoms with E-state index in [2.05, 4.69) is 36.4 Å². The molecule has 12 aromatic rings. The standard InChI is InChI=1S/C57H37N5/c1-3-18-38(19-4-1)42-35-43(37-44(36-42)46-25-8-7-24-45(46)39-20-5-2-6-21-39)40-22-17-23-41(34-40)55-58-56(61-51-30-13-9-26-47(51)48-27-10-14-31-52(48)61)60-57(59-55)62-53-32-15-11-28-49(53)50-29-12-16-33-54(50)62/h1-37H/i9D,10D,11D,12D,13D,14D,15D,16D,26D,27D,28D,29D,30D,31D,32D,33D. The first-order valence-corrected chi connectivity index (χ1v) is 19.6. The molecular weight excluding hydrogens is 755 g/mol. The Morgan fingerprint density at radius 3 is 1.19 bits per heavy atom. The van der Waals surface area contributed by atoms with Crippen molar-refractivity contribution in [3.63, 3.8) is 0 Å². The highest BCUT2D eigenvalue weighted by atomic mass is 15.3. The van der Waals surface area contributed by atoms with Crippen molar-refractivity contribution in [3.8, 4) is 67.8 Å². The summed E-state index contributed by atoms with van der Waals surface area (Å²) >= 11 is 0. The molecular formula is C57H37N5. The van der Waals surface area contributed by atoms with Crippen LogP contribution >= 0.6 is 0 Å². The second kappa shape index (κ2) is 14.7. The number of hydrogen-bond acceptors (Lipinski definition) is 3. The van der Waals surface area contributed by atoms with Crippen LogP contribution in [0.15, 0.2) is 224 Å². The summed E-state index contributed by atoms with van der Waals surface area (Å²) in [6.45, 7) is 0. The van der Waals surface area contributed by atoms with Gasteiger partial charge in [0.05, 0.1) is 44.0 Å². The SMILES string of the molecule is [2H]c1c([2H])c([2H])c2c(c1[2H])c1c([2H])c([2H])c([2H])c([2H])c1n2-c1nc(-c2cccc(-c3cc(-c4ccccc4)cc(-c4ccccc4-c4ccccc4)c3)c2)nc(-n2c3c([2H])c([2H])c([2H])c([2H])c3c3c([2H])c([2H])c([2H])c([2H])c32)n1. The first-order valence-electron chi connectivity index (χ1n) is 27.6. The Morgan fingerprint density at radius 2 is 0.677 bits per heavy atom. The summed E-state index contributed by atoms with van der Waals surface area (Å²) in [6.07, 6.45) is 0. The maximum Gasteiger partial charge on any atom is 0.240 e. The highest BCUT2D eigenvalue weighted by Crippen LogP contribution is 2.39. The third-order valence-corrected chi connectivity index (χ3v) is 10.9. The van der Waals surface area contributed by atoms with E-state index in [9.17, 15) is 5.48 Å². The summed E-state index contributed by atoms with van der Waals surface area (Å²) in [6, 6.07) is 30.8. The lowest BCUT2D eigenvalue weighted by atomic mass is 9.89. The molecule has 290 valence electrons. The number of aromatic nitrogens is 5. The molecule has 3 heterocycles. The Morgan fingerprint density at radius 1 is 0.306 bits per heavy atom. The van der Waals surface area contributed by atoms with Crippen LogP contribution in [-0.4, -0.2) is 24.1 Å². The van der Waals surface area contributed by atoms with E-state index in [1.54, 1.807) is 18.2 Å². The van der Waals surface area contributed by atoms with Crippen molar-refractivity contribution in [1.82, 2.24) is 24.1 Å². The van der Waals surface area contributed by atoms with Gasteiger partial charge in [-0.2, -0.15) is 15.0 Å². The molecule has 0 saturated carbocycles. The number of rotatable bonds is 7. The average Bonchev–Trinajstić information content (AvgIpc) is 4.00. The topological polar surface area (TPSA) is 48.5 Å². The van der Waals surface area contributed by atoms with Crippen molar-refractivity contribution in [2.45, 2.75) is 0 Å². The van der Waals surface area contributed by atoms with Crippen LogP contribution in [0.4, 0.5) is 0 Å². The number of hydrogen-bond donors (Lipinski definition) is 0. The maximum atomic E-state index is 9.29. The zero-order chi connectivity index (χ0) is 54.9. The Labute approximate surface area is 381 Å². The molecule has 0 spiro atoms. The molecule has 0 aliphatic carbocycles. The molecule has 0 aliphatic heterocycles. The Balaban J connectivity index is 1.20. The molecule has 0 N–H and O–H groups in total.